The molecule has 0 heterocycles. The fourth-order valence-corrected chi connectivity index (χ4v) is 2.17. The second-order valence-corrected chi connectivity index (χ2v) is 5.97. The first-order chi connectivity index (χ1) is 9.90. The lowest BCUT2D eigenvalue weighted by molar-refractivity contribution is -0.134. The van der Waals surface area contributed by atoms with Crippen molar-refractivity contribution in [1.29, 1.82) is 0 Å². The maximum atomic E-state index is 12.1. The maximum Gasteiger partial charge on any atom is 0.244 e. The average molecular weight is 290 g/mol. The molecule has 0 aromatic heterocycles. The zero-order valence-corrected chi connectivity index (χ0v) is 13.4. The van der Waals surface area contributed by atoms with Crippen molar-refractivity contribution < 1.29 is 9.59 Å². The van der Waals surface area contributed by atoms with Gasteiger partial charge in [0.15, 0.2) is 0 Å². The summed E-state index contributed by atoms with van der Waals surface area (Å²) < 4.78 is 0. The molecule has 1 aromatic carbocycles. The normalized spacial score (nSPS) is 12.0. The van der Waals surface area contributed by atoms with Crippen LogP contribution in [0.15, 0.2) is 30.3 Å². The van der Waals surface area contributed by atoms with Crippen molar-refractivity contribution in [3.63, 3.8) is 0 Å². The summed E-state index contributed by atoms with van der Waals surface area (Å²) in [5.41, 5.74) is 1.13. The van der Waals surface area contributed by atoms with Gasteiger partial charge >= 0.3 is 0 Å². The highest BCUT2D eigenvalue weighted by atomic mass is 16.2. The number of hydrogen-bond donors (Lipinski definition) is 1. The lowest BCUT2D eigenvalue weighted by atomic mass is 10.0. The van der Waals surface area contributed by atoms with Gasteiger partial charge in [-0.15, -0.1) is 0 Å². The van der Waals surface area contributed by atoms with Crippen LogP contribution in [0.1, 0.15) is 32.3 Å². The number of nitrogens with one attached hydrogen (secondary N) is 1. The highest BCUT2D eigenvalue weighted by molar-refractivity contribution is 5.87. The van der Waals surface area contributed by atoms with Crippen molar-refractivity contribution in [1.82, 2.24) is 10.2 Å². The minimum absolute atomic E-state index is 0.0447. The third kappa shape index (κ3) is 6.43. The van der Waals surface area contributed by atoms with Crippen LogP contribution in [0, 0.1) is 5.92 Å². The molecule has 0 spiro atoms. The molecule has 0 saturated carbocycles. The van der Waals surface area contributed by atoms with Gasteiger partial charge in [-0.05, 0) is 24.3 Å². The highest BCUT2D eigenvalue weighted by Crippen LogP contribution is 2.08. The number of likely N-dealkylation sites (N-methyl/N-ethyl adjacent to an activating group) is 1. The fraction of sp³-hybridized carbons (Fsp3) is 0.529. The van der Waals surface area contributed by atoms with Gasteiger partial charge in [-0.3, -0.25) is 9.59 Å². The van der Waals surface area contributed by atoms with E-state index < -0.39 is 6.04 Å². The molecule has 2 amide bonds. The van der Waals surface area contributed by atoms with Crippen molar-refractivity contribution in [2.24, 2.45) is 5.92 Å². The van der Waals surface area contributed by atoms with Gasteiger partial charge in [-0.25, -0.2) is 0 Å². The Hall–Kier alpha value is -1.84. The van der Waals surface area contributed by atoms with Crippen LogP contribution >= 0.6 is 0 Å². The second-order valence-electron chi connectivity index (χ2n) is 5.97. The van der Waals surface area contributed by atoms with Gasteiger partial charge < -0.3 is 10.2 Å². The fourth-order valence-electron chi connectivity index (χ4n) is 2.17. The van der Waals surface area contributed by atoms with E-state index in [0.29, 0.717) is 25.2 Å². The lowest BCUT2D eigenvalue weighted by Gasteiger charge is -2.23. The molecule has 116 valence electrons. The van der Waals surface area contributed by atoms with Crippen molar-refractivity contribution in [2.75, 3.05) is 14.1 Å². The number of nitrogens with zero attached hydrogens (tertiary/aromatic N) is 1. The highest BCUT2D eigenvalue weighted by Gasteiger charge is 2.23. The summed E-state index contributed by atoms with van der Waals surface area (Å²) in [6.07, 6.45) is 1.75. The van der Waals surface area contributed by atoms with Crippen molar-refractivity contribution in [3.05, 3.63) is 35.9 Å². The molecule has 1 rings (SSSR count). The van der Waals surface area contributed by atoms with Crippen molar-refractivity contribution >= 4 is 11.8 Å². The van der Waals surface area contributed by atoms with E-state index in [2.05, 4.69) is 5.32 Å². The van der Waals surface area contributed by atoms with E-state index in [1.54, 1.807) is 14.1 Å². The smallest absolute Gasteiger partial charge is 0.244 e. The Balaban J connectivity index is 2.53. The third-order valence-electron chi connectivity index (χ3n) is 3.26. The van der Waals surface area contributed by atoms with E-state index >= 15 is 0 Å². The van der Waals surface area contributed by atoms with E-state index in [0.717, 1.165) is 5.56 Å². The van der Waals surface area contributed by atoms with Crippen LogP contribution < -0.4 is 5.32 Å². The molecular weight excluding hydrogens is 264 g/mol. The molecule has 21 heavy (non-hydrogen) atoms. The van der Waals surface area contributed by atoms with Crippen LogP contribution in [0.4, 0.5) is 0 Å². The topological polar surface area (TPSA) is 49.4 Å². The molecule has 0 aliphatic rings. The number of carbonyl (C=O) groups excluding carboxylic acids is 2. The molecule has 1 unspecified atom stereocenters. The Labute approximate surface area is 127 Å². The SMILES string of the molecule is CC(C)CC(NC(=O)CCc1ccccc1)C(=O)N(C)C. The van der Waals surface area contributed by atoms with Crippen LogP contribution in [-0.4, -0.2) is 36.9 Å². The first-order valence-electron chi connectivity index (χ1n) is 7.44. The van der Waals surface area contributed by atoms with E-state index in [1.807, 2.05) is 44.2 Å². The molecule has 1 N–H and O–H groups in total. The molecule has 0 fully saturated rings. The predicted octanol–water partition coefficient (Wildman–Crippen LogP) is 2.24. The van der Waals surface area contributed by atoms with E-state index in [1.165, 1.54) is 4.90 Å². The van der Waals surface area contributed by atoms with Crippen LogP contribution in [0.3, 0.4) is 0 Å². The van der Waals surface area contributed by atoms with Gasteiger partial charge in [0.2, 0.25) is 11.8 Å². The van der Waals surface area contributed by atoms with Crippen LogP contribution in [0.2, 0.25) is 0 Å². The molecule has 1 atom stereocenters. The molecule has 0 saturated heterocycles. The summed E-state index contributed by atoms with van der Waals surface area (Å²) in [7, 11) is 3.43. The number of aryl methyl sites for hydroxylation is 1. The van der Waals surface area contributed by atoms with Crippen LogP contribution in [0.25, 0.3) is 0 Å². The molecular formula is C17H26N2O2. The number of hydrogen-bond acceptors (Lipinski definition) is 2. The minimum Gasteiger partial charge on any atom is -0.347 e. The van der Waals surface area contributed by atoms with Gasteiger partial charge in [-0.2, -0.15) is 0 Å². The summed E-state index contributed by atoms with van der Waals surface area (Å²) in [5.74, 6) is 0.241. The second kappa shape index (κ2) is 8.45. The minimum atomic E-state index is -0.428. The Morgan fingerprint density at radius 3 is 2.29 bits per heavy atom. The summed E-state index contributed by atoms with van der Waals surface area (Å²) >= 11 is 0. The summed E-state index contributed by atoms with van der Waals surface area (Å²) in [4.78, 5) is 25.7. The molecule has 4 nitrogen and oxygen atoms in total. The number of rotatable bonds is 7. The van der Waals surface area contributed by atoms with Gasteiger partial charge in [-0.1, -0.05) is 44.2 Å². The quantitative estimate of drug-likeness (QED) is 0.837. The maximum absolute atomic E-state index is 12.1. The molecule has 0 aliphatic heterocycles. The number of carbonyl (C=O) groups is 2. The van der Waals surface area contributed by atoms with E-state index in [9.17, 15) is 9.59 Å². The van der Waals surface area contributed by atoms with Crippen LogP contribution in [-0.2, 0) is 16.0 Å². The summed E-state index contributed by atoms with van der Waals surface area (Å²) in [6, 6.07) is 9.46. The monoisotopic (exact) mass is 290 g/mol. The third-order valence-corrected chi connectivity index (χ3v) is 3.26. The van der Waals surface area contributed by atoms with Gasteiger partial charge in [0.05, 0.1) is 0 Å². The first kappa shape index (κ1) is 17.2. The van der Waals surface area contributed by atoms with Gasteiger partial charge in [0, 0.05) is 20.5 Å². The number of benzene rings is 1. The average Bonchev–Trinajstić information content (AvgIpc) is 2.44. The Bertz CT molecular complexity index is 455. The molecule has 1 aromatic rings. The zero-order valence-electron chi connectivity index (χ0n) is 13.4. The Morgan fingerprint density at radius 1 is 1.14 bits per heavy atom. The van der Waals surface area contributed by atoms with E-state index in [-0.39, 0.29) is 11.8 Å². The molecule has 0 aliphatic carbocycles. The van der Waals surface area contributed by atoms with Gasteiger partial charge in [0.25, 0.3) is 0 Å². The number of amides is 2. The Kier molecular flexibility index (Phi) is 6.92. The lowest BCUT2D eigenvalue weighted by Crippen LogP contribution is -2.47. The Morgan fingerprint density at radius 2 is 1.76 bits per heavy atom. The molecule has 4 heteroatoms. The molecule has 0 radical (unpaired) electrons. The standard InChI is InChI=1S/C17H26N2O2/c1-13(2)12-15(17(21)19(3)4)18-16(20)11-10-14-8-6-5-7-9-14/h5-9,13,15H,10-12H2,1-4H3,(H,18,20). The van der Waals surface area contributed by atoms with Crippen molar-refractivity contribution in [3.8, 4) is 0 Å². The summed E-state index contributed by atoms with van der Waals surface area (Å²) in [5, 5.41) is 2.87. The summed E-state index contributed by atoms with van der Waals surface area (Å²) in [6.45, 7) is 4.10. The zero-order chi connectivity index (χ0) is 15.8. The largest absolute Gasteiger partial charge is 0.347 e. The first-order valence-corrected chi connectivity index (χ1v) is 7.44. The molecule has 0 bridgehead atoms. The predicted molar refractivity (Wildman–Crippen MR) is 84.8 cm³/mol. The van der Waals surface area contributed by atoms with E-state index in [4.69, 9.17) is 0 Å². The van der Waals surface area contributed by atoms with Crippen LogP contribution in [0.5, 0.6) is 0 Å². The van der Waals surface area contributed by atoms with Crippen molar-refractivity contribution in [2.45, 2.75) is 39.2 Å². The van der Waals surface area contributed by atoms with Gasteiger partial charge in [0.1, 0.15) is 6.04 Å².